The Kier molecular flexibility index (Phi) is 7.93. The van der Waals surface area contributed by atoms with Crippen LogP contribution in [0.1, 0.15) is 30.4 Å². The lowest BCUT2D eigenvalue weighted by Gasteiger charge is -2.38. The number of aryl methyl sites for hydroxylation is 1. The number of carbonyl (C=O) groups excluding carboxylic acids is 2. The summed E-state index contributed by atoms with van der Waals surface area (Å²) in [6.07, 6.45) is 1.95. The molecule has 2 heterocycles. The second-order valence-electron chi connectivity index (χ2n) is 9.63. The van der Waals surface area contributed by atoms with E-state index in [4.69, 9.17) is 9.47 Å². The van der Waals surface area contributed by atoms with E-state index >= 15 is 0 Å². The Balaban J connectivity index is 1.15. The van der Waals surface area contributed by atoms with E-state index in [1.807, 2.05) is 43.3 Å². The van der Waals surface area contributed by atoms with Crippen LogP contribution in [0.2, 0.25) is 0 Å². The van der Waals surface area contributed by atoms with Crippen molar-refractivity contribution < 1.29 is 24.2 Å². The number of imide groups is 1. The van der Waals surface area contributed by atoms with Crippen molar-refractivity contribution in [2.45, 2.75) is 38.3 Å². The summed E-state index contributed by atoms with van der Waals surface area (Å²) in [7, 11) is 1.63. The Labute approximate surface area is 207 Å². The van der Waals surface area contributed by atoms with E-state index in [9.17, 15) is 14.7 Å². The van der Waals surface area contributed by atoms with Gasteiger partial charge < -0.3 is 19.5 Å². The highest BCUT2D eigenvalue weighted by atomic mass is 16.5. The van der Waals surface area contributed by atoms with E-state index in [-0.39, 0.29) is 18.5 Å². The normalized spacial score (nSPS) is 18.3. The second-order valence-corrected chi connectivity index (χ2v) is 9.63. The third-order valence-corrected chi connectivity index (χ3v) is 6.67. The quantitative estimate of drug-likeness (QED) is 0.415. The lowest BCUT2D eigenvalue weighted by atomic mass is 9.92. The molecule has 3 amide bonds. The summed E-state index contributed by atoms with van der Waals surface area (Å²) in [5, 5.41) is 10.9. The number of piperidine rings is 1. The van der Waals surface area contributed by atoms with Gasteiger partial charge in [0.25, 0.3) is 0 Å². The molecule has 8 nitrogen and oxygen atoms in total. The van der Waals surface area contributed by atoms with Crippen molar-refractivity contribution in [3.63, 3.8) is 0 Å². The largest absolute Gasteiger partial charge is 0.494 e. The number of ether oxygens (including phenoxy) is 2. The van der Waals surface area contributed by atoms with Crippen molar-refractivity contribution in [1.29, 1.82) is 0 Å². The molecule has 0 aliphatic carbocycles. The SMILES string of the molecule is Cc1ccc(OCC2(O)CCN(Cc3ccc(OCCCN4C(=O)CN(C)C4=O)cc3)CC2)cc1. The summed E-state index contributed by atoms with van der Waals surface area (Å²) < 4.78 is 11.6. The van der Waals surface area contributed by atoms with Crippen molar-refractivity contribution in [3.8, 4) is 11.5 Å². The van der Waals surface area contributed by atoms with Gasteiger partial charge in [0.05, 0.1) is 6.61 Å². The van der Waals surface area contributed by atoms with Crippen LogP contribution in [0.3, 0.4) is 0 Å². The summed E-state index contributed by atoms with van der Waals surface area (Å²) in [6.45, 7) is 5.77. The predicted molar refractivity (Wildman–Crippen MR) is 132 cm³/mol. The van der Waals surface area contributed by atoms with Gasteiger partial charge in [0.15, 0.2) is 0 Å². The fourth-order valence-electron chi connectivity index (χ4n) is 4.37. The summed E-state index contributed by atoms with van der Waals surface area (Å²) in [5.74, 6) is 1.41. The molecule has 4 rings (SSSR count). The molecule has 0 aromatic heterocycles. The Bertz CT molecular complexity index is 1000. The monoisotopic (exact) mass is 481 g/mol. The lowest BCUT2D eigenvalue weighted by Crippen LogP contribution is -2.47. The van der Waals surface area contributed by atoms with Crippen LogP contribution in [-0.4, -0.2) is 83.8 Å². The number of nitrogens with zero attached hydrogens (tertiary/aromatic N) is 3. The van der Waals surface area contributed by atoms with Crippen LogP contribution < -0.4 is 9.47 Å². The molecule has 35 heavy (non-hydrogen) atoms. The molecule has 0 spiro atoms. The van der Waals surface area contributed by atoms with Crippen molar-refractivity contribution in [2.75, 3.05) is 46.4 Å². The maximum Gasteiger partial charge on any atom is 0.326 e. The van der Waals surface area contributed by atoms with Gasteiger partial charge in [0.2, 0.25) is 5.91 Å². The number of rotatable bonds is 10. The minimum Gasteiger partial charge on any atom is -0.494 e. The molecule has 0 atom stereocenters. The Hall–Kier alpha value is -3.10. The fourth-order valence-corrected chi connectivity index (χ4v) is 4.37. The van der Waals surface area contributed by atoms with Gasteiger partial charge in [-0.25, -0.2) is 4.79 Å². The van der Waals surface area contributed by atoms with Gasteiger partial charge in [-0.05, 0) is 56.0 Å². The summed E-state index contributed by atoms with van der Waals surface area (Å²) in [6, 6.07) is 15.7. The summed E-state index contributed by atoms with van der Waals surface area (Å²) in [5.41, 5.74) is 1.58. The van der Waals surface area contributed by atoms with E-state index in [0.29, 0.717) is 39.0 Å². The highest BCUT2D eigenvalue weighted by molar-refractivity contribution is 6.01. The minimum atomic E-state index is -0.793. The van der Waals surface area contributed by atoms with Crippen molar-refractivity contribution >= 4 is 11.9 Å². The van der Waals surface area contributed by atoms with Crippen molar-refractivity contribution in [1.82, 2.24) is 14.7 Å². The fraction of sp³-hybridized carbons (Fsp3) is 0.481. The Morgan fingerprint density at radius 2 is 1.57 bits per heavy atom. The van der Waals surface area contributed by atoms with E-state index in [1.165, 1.54) is 20.9 Å². The number of aliphatic hydroxyl groups is 1. The molecule has 188 valence electrons. The maximum atomic E-state index is 11.9. The number of carbonyl (C=O) groups is 2. The topological polar surface area (TPSA) is 82.6 Å². The van der Waals surface area contributed by atoms with Gasteiger partial charge in [0.1, 0.15) is 30.3 Å². The predicted octanol–water partition coefficient (Wildman–Crippen LogP) is 3.06. The zero-order valence-electron chi connectivity index (χ0n) is 20.6. The van der Waals surface area contributed by atoms with Gasteiger partial charge in [-0.15, -0.1) is 0 Å². The van der Waals surface area contributed by atoms with Crippen LogP contribution in [0, 0.1) is 6.92 Å². The summed E-state index contributed by atoms with van der Waals surface area (Å²) in [4.78, 5) is 28.7. The molecular weight excluding hydrogens is 446 g/mol. The molecule has 2 aliphatic heterocycles. The Morgan fingerprint density at radius 3 is 2.20 bits per heavy atom. The standard InChI is InChI=1S/C27H35N3O5/c1-21-4-8-24(9-5-21)35-20-27(33)12-15-29(16-13-27)18-22-6-10-23(11-7-22)34-17-3-14-30-25(31)19-28(2)26(30)32/h4-11,33H,3,12-20H2,1-2H3. The number of hydrogen-bond donors (Lipinski definition) is 1. The van der Waals surface area contributed by atoms with Gasteiger partial charge >= 0.3 is 6.03 Å². The van der Waals surface area contributed by atoms with E-state index in [2.05, 4.69) is 17.0 Å². The lowest BCUT2D eigenvalue weighted by molar-refractivity contribution is -0.125. The van der Waals surface area contributed by atoms with Crippen molar-refractivity contribution in [3.05, 3.63) is 59.7 Å². The molecule has 1 N–H and O–H groups in total. The van der Waals surface area contributed by atoms with Crippen LogP contribution in [0.4, 0.5) is 4.79 Å². The highest BCUT2D eigenvalue weighted by Crippen LogP contribution is 2.25. The summed E-state index contributed by atoms with van der Waals surface area (Å²) >= 11 is 0. The van der Waals surface area contributed by atoms with E-state index < -0.39 is 5.60 Å². The van der Waals surface area contributed by atoms with Gasteiger partial charge in [-0.3, -0.25) is 14.6 Å². The molecule has 0 unspecified atom stereocenters. The first kappa shape index (κ1) is 25.0. The minimum absolute atomic E-state index is 0.151. The molecular formula is C27H35N3O5. The number of likely N-dealkylation sites (N-methyl/N-ethyl adjacent to an activating group) is 1. The molecule has 8 heteroatoms. The van der Waals surface area contributed by atoms with Gasteiger partial charge in [-0.1, -0.05) is 29.8 Å². The number of likely N-dealkylation sites (tertiary alicyclic amines) is 1. The smallest absolute Gasteiger partial charge is 0.326 e. The van der Waals surface area contributed by atoms with E-state index in [0.717, 1.165) is 31.1 Å². The third kappa shape index (κ3) is 6.74. The van der Waals surface area contributed by atoms with E-state index in [1.54, 1.807) is 7.05 Å². The van der Waals surface area contributed by atoms with Crippen LogP contribution in [-0.2, 0) is 11.3 Å². The molecule has 2 aliphatic rings. The first-order valence-electron chi connectivity index (χ1n) is 12.2. The molecule has 0 saturated carbocycles. The van der Waals surface area contributed by atoms with Gasteiger partial charge in [0, 0.05) is 33.2 Å². The zero-order valence-corrected chi connectivity index (χ0v) is 20.6. The van der Waals surface area contributed by atoms with Crippen LogP contribution in [0.15, 0.2) is 48.5 Å². The van der Waals surface area contributed by atoms with Crippen LogP contribution in [0.25, 0.3) is 0 Å². The molecule has 2 saturated heterocycles. The van der Waals surface area contributed by atoms with Crippen LogP contribution in [0.5, 0.6) is 11.5 Å². The molecule has 2 aromatic carbocycles. The molecule has 0 bridgehead atoms. The first-order chi connectivity index (χ1) is 16.8. The van der Waals surface area contributed by atoms with Gasteiger partial charge in [-0.2, -0.15) is 0 Å². The molecule has 0 radical (unpaired) electrons. The number of hydrogen-bond acceptors (Lipinski definition) is 6. The second kappa shape index (κ2) is 11.1. The number of benzene rings is 2. The number of urea groups is 1. The highest BCUT2D eigenvalue weighted by Gasteiger charge is 2.34. The molecule has 2 fully saturated rings. The first-order valence-corrected chi connectivity index (χ1v) is 12.2. The van der Waals surface area contributed by atoms with Crippen LogP contribution >= 0.6 is 0 Å². The third-order valence-electron chi connectivity index (χ3n) is 6.67. The zero-order chi connectivity index (χ0) is 24.8. The maximum absolute atomic E-state index is 11.9. The average Bonchev–Trinajstić information content (AvgIpc) is 3.10. The number of amides is 3. The van der Waals surface area contributed by atoms with Crippen molar-refractivity contribution in [2.24, 2.45) is 0 Å². The average molecular weight is 482 g/mol. The molecule has 2 aromatic rings. The Morgan fingerprint density at radius 1 is 0.943 bits per heavy atom.